The van der Waals surface area contributed by atoms with Crippen molar-refractivity contribution in [2.24, 2.45) is 5.73 Å². The molecule has 1 heterocycles. The highest BCUT2D eigenvalue weighted by Gasteiger charge is 2.45. The molecule has 106 valence electrons. The summed E-state index contributed by atoms with van der Waals surface area (Å²) >= 11 is 6.08. The van der Waals surface area contributed by atoms with Gasteiger partial charge in [0.1, 0.15) is 0 Å². The molecule has 0 bridgehead atoms. The van der Waals surface area contributed by atoms with Crippen LogP contribution in [0, 0.1) is 0 Å². The minimum Gasteiger partial charge on any atom is -0.376 e. The average Bonchev–Trinajstić information content (AvgIpc) is 2.79. The Labute approximate surface area is 120 Å². The SMILES string of the molecule is CC(c1cccc(Cl)c1)N(C)C1(CN)CCOC1C. The van der Waals surface area contributed by atoms with Crippen molar-refractivity contribution < 1.29 is 4.74 Å². The molecule has 19 heavy (non-hydrogen) atoms. The summed E-state index contributed by atoms with van der Waals surface area (Å²) in [5.74, 6) is 0. The van der Waals surface area contributed by atoms with E-state index in [-0.39, 0.29) is 17.7 Å². The standard InChI is InChI=1S/C15H23ClN2O/c1-11(13-5-4-6-14(16)9-13)18(3)15(10-17)7-8-19-12(15)2/h4-6,9,11-12H,7-8,10,17H2,1-3H3. The normalized spacial score (nSPS) is 28.8. The second kappa shape index (κ2) is 5.80. The van der Waals surface area contributed by atoms with Crippen LogP contribution in [0.5, 0.6) is 0 Å². The lowest BCUT2D eigenvalue weighted by Gasteiger charge is -2.43. The van der Waals surface area contributed by atoms with Crippen LogP contribution in [0.1, 0.15) is 31.9 Å². The van der Waals surface area contributed by atoms with Gasteiger partial charge in [-0.1, -0.05) is 23.7 Å². The van der Waals surface area contributed by atoms with Crippen molar-refractivity contribution in [3.63, 3.8) is 0 Å². The Balaban J connectivity index is 2.25. The van der Waals surface area contributed by atoms with Crippen molar-refractivity contribution in [3.05, 3.63) is 34.9 Å². The topological polar surface area (TPSA) is 38.5 Å². The summed E-state index contributed by atoms with van der Waals surface area (Å²) in [5, 5.41) is 0.773. The van der Waals surface area contributed by atoms with Crippen molar-refractivity contribution in [1.29, 1.82) is 0 Å². The molecule has 2 rings (SSSR count). The van der Waals surface area contributed by atoms with Crippen molar-refractivity contribution >= 4 is 11.6 Å². The maximum Gasteiger partial charge on any atom is 0.0743 e. The van der Waals surface area contributed by atoms with Crippen LogP contribution in [-0.4, -0.2) is 36.7 Å². The fourth-order valence-electron chi connectivity index (χ4n) is 3.02. The van der Waals surface area contributed by atoms with Crippen molar-refractivity contribution in [1.82, 2.24) is 4.90 Å². The predicted molar refractivity (Wildman–Crippen MR) is 79.4 cm³/mol. The van der Waals surface area contributed by atoms with Gasteiger partial charge in [0.2, 0.25) is 0 Å². The highest BCUT2D eigenvalue weighted by Crippen LogP contribution is 2.36. The molecule has 0 amide bonds. The summed E-state index contributed by atoms with van der Waals surface area (Å²) in [4.78, 5) is 2.34. The average molecular weight is 283 g/mol. The zero-order valence-corrected chi connectivity index (χ0v) is 12.7. The van der Waals surface area contributed by atoms with E-state index in [1.807, 2.05) is 18.2 Å². The van der Waals surface area contributed by atoms with Crippen molar-refractivity contribution in [3.8, 4) is 0 Å². The number of likely N-dealkylation sites (N-methyl/N-ethyl adjacent to an activating group) is 1. The first-order chi connectivity index (χ1) is 9.01. The van der Waals surface area contributed by atoms with Crippen LogP contribution >= 0.6 is 11.6 Å². The van der Waals surface area contributed by atoms with E-state index in [1.165, 1.54) is 5.56 Å². The molecule has 3 atom stereocenters. The summed E-state index contributed by atoms with van der Waals surface area (Å²) < 4.78 is 5.74. The van der Waals surface area contributed by atoms with E-state index in [2.05, 4.69) is 31.9 Å². The summed E-state index contributed by atoms with van der Waals surface area (Å²) in [7, 11) is 2.13. The second-order valence-electron chi connectivity index (χ2n) is 5.41. The van der Waals surface area contributed by atoms with E-state index in [0.29, 0.717) is 6.54 Å². The molecular weight excluding hydrogens is 260 g/mol. The number of nitrogens with two attached hydrogens (primary N) is 1. The molecule has 3 unspecified atom stereocenters. The Hall–Kier alpha value is -0.610. The molecule has 1 aliphatic heterocycles. The zero-order valence-electron chi connectivity index (χ0n) is 11.9. The Morgan fingerprint density at radius 3 is 2.84 bits per heavy atom. The van der Waals surface area contributed by atoms with Crippen LogP contribution < -0.4 is 5.73 Å². The molecule has 1 aliphatic rings. The molecule has 2 N–H and O–H groups in total. The minimum atomic E-state index is -0.0816. The van der Waals surface area contributed by atoms with Gasteiger partial charge >= 0.3 is 0 Å². The van der Waals surface area contributed by atoms with Gasteiger partial charge in [-0.3, -0.25) is 4.90 Å². The maximum absolute atomic E-state index is 6.08. The van der Waals surface area contributed by atoms with Crippen LogP contribution in [0.4, 0.5) is 0 Å². The molecule has 0 spiro atoms. The number of rotatable bonds is 4. The number of hydrogen-bond acceptors (Lipinski definition) is 3. The number of ether oxygens (including phenoxy) is 1. The maximum atomic E-state index is 6.08. The monoisotopic (exact) mass is 282 g/mol. The van der Waals surface area contributed by atoms with Crippen LogP contribution in [0.15, 0.2) is 24.3 Å². The molecular formula is C15H23ClN2O. The quantitative estimate of drug-likeness (QED) is 0.923. The molecule has 1 fully saturated rings. The summed E-state index contributed by atoms with van der Waals surface area (Å²) in [6, 6.07) is 8.28. The first kappa shape index (κ1) is 14.8. The number of benzene rings is 1. The van der Waals surface area contributed by atoms with E-state index in [0.717, 1.165) is 18.1 Å². The van der Waals surface area contributed by atoms with E-state index in [9.17, 15) is 0 Å². The van der Waals surface area contributed by atoms with Crippen LogP contribution in [0.2, 0.25) is 5.02 Å². The molecule has 1 saturated heterocycles. The molecule has 1 aromatic carbocycles. The lowest BCUT2D eigenvalue weighted by Crippen LogP contribution is -2.57. The summed E-state index contributed by atoms with van der Waals surface area (Å²) in [6.45, 7) is 5.69. The molecule has 0 radical (unpaired) electrons. The van der Waals surface area contributed by atoms with Crippen LogP contribution in [-0.2, 0) is 4.74 Å². The van der Waals surface area contributed by atoms with Gasteiger partial charge in [0.15, 0.2) is 0 Å². The van der Waals surface area contributed by atoms with Crippen LogP contribution in [0.3, 0.4) is 0 Å². The van der Waals surface area contributed by atoms with Crippen molar-refractivity contribution in [2.75, 3.05) is 20.2 Å². The number of hydrogen-bond donors (Lipinski definition) is 1. The van der Waals surface area contributed by atoms with Gasteiger partial charge in [0, 0.05) is 24.2 Å². The van der Waals surface area contributed by atoms with Crippen LogP contribution in [0.25, 0.3) is 0 Å². The third kappa shape index (κ3) is 2.65. The molecule has 0 aromatic heterocycles. The number of nitrogens with zero attached hydrogens (tertiary/aromatic N) is 1. The van der Waals surface area contributed by atoms with E-state index < -0.39 is 0 Å². The lowest BCUT2D eigenvalue weighted by atomic mass is 9.88. The van der Waals surface area contributed by atoms with Gasteiger partial charge in [-0.2, -0.15) is 0 Å². The third-order valence-corrected chi connectivity index (χ3v) is 4.86. The fraction of sp³-hybridized carbons (Fsp3) is 0.600. The molecule has 1 aromatic rings. The van der Waals surface area contributed by atoms with Gasteiger partial charge < -0.3 is 10.5 Å². The highest BCUT2D eigenvalue weighted by molar-refractivity contribution is 6.30. The van der Waals surface area contributed by atoms with Gasteiger partial charge in [-0.15, -0.1) is 0 Å². The third-order valence-electron chi connectivity index (χ3n) is 4.63. The fourth-order valence-corrected chi connectivity index (χ4v) is 3.22. The zero-order chi connectivity index (χ0) is 14.0. The molecule has 0 saturated carbocycles. The Morgan fingerprint density at radius 1 is 1.58 bits per heavy atom. The van der Waals surface area contributed by atoms with Gasteiger partial charge in [0.25, 0.3) is 0 Å². The summed E-state index contributed by atoms with van der Waals surface area (Å²) in [5.41, 5.74) is 7.19. The number of halogens is 1. The molecule has 4 heteroatoms. The Kier molecular flexibility index (Phi) is 4.51. The Morgan fingerprint density at radius 2 is 2.32 bits per heavy atom. The smallest absolute Gasteiger partial charge is 0.0743 e. The molecule has 3 nitrogen and oxygen atoms in total. The lowest BCUT2D eigenvalue weighted by molar-refractivity contribution is 0.00936. The van der Waals surface area contributed by atoms with Crippen molar-refractivity contribution in [2.45, 2.75) is 38.0 Å². The second-order valence-corrected chi connectivity index (χ2v) is 5.85. The Bertz CT molecular complexity index is 440. The highest BCUT2D eigenvalue weighted by atomic mass is 35.5. The minimum absolute atomic E-state index is 0.0816. The van der Waals surface area contributed by atoms with E-state index in [4.69, 9.17) is 22.1 Å². The molecule has 0 aliphatic carbocycles. The van der Waals surface area contributed by atoms with E-state index >= 15 is 0 Å². The largest absolute Gasteiger partial charge is 0.376 e. The first-order valence-electron chi connectivity index (χ1n) is 6.81. The van der Waals surface area contributed by atoms with Gasteiger partial charge in [0.05, 0.1) is 11.6 Å². The van der Waals surface area contributed by atoms with Gasteiger partial charge in [-0.05, 0) is 45.0 Å². The summed E-state index contributed by atoms with van der Waals surface area (Å²) in [6.07, 6.45) is 1.13. The van der Waals surface area contributed by atoms with Gasteiger partial charge in [-0.25, -0.2) is 0 Å². The first-order valence-corrected chi connectivity index (χ1v) is 7.19. The van der Waals surface area contributed by atoms with E-state index in [1.54, 1.807) is 0 Å². The predicted octanol–water partition coefficient (Wildman–Crippen LogP) is 2.84.